The first-order valence-electron chi connectivity index (χ1n) is 6.80. The number of amides is 2. The lowest BCUT2D eigenvalue weighted by molar-refractivity contribution is -0.143. The SMILES string of the molecule is CCS(=O)CCNC(=O)N1CCN(C(C)C(=O)O)CC1. The number of carbonyl (C=O) groups is 2. The minimum atomic E-state index is -0.872. The van der Waals surface area contributed by atoms with E-state index in [4.69, 9.17) is 5.11 Å². The van der Waals surface area contributed by atoms with E-state index in [2.05, 4.69) is 5.32 Å². The summed E-state index contributed by atoms with van der Waals surface area (Å²) in [5.41, 5.74) is 0. The van der Waals surface area contributed by atoms with E-state index in [9.17, 15) is 13.8 Å². The predicted octanol–water partition coefficient (Wildman–Crippen LogP) is -0.445. The van der Waals surface area contributed by atoms with Gasteiger partial charge in [-0.05, 0) is 6.92 Å². The second kappa shape index (κ2) is 8.21. The smallest absolute Gasteiger partial charge is 0.320 e. The van der Waals surface area contributed by atoms with Crippen molar-refractivity contribution in [2.45, 2.75) is 19.9 Å². The molecule has 0 bridgehead atoms. The molecule has 0 aromatic heterocycles. The first kappa shape index (κ1) is 16.9. The van der Waals surface area contributed by atoms with Gasteiger partial charge in [-0.15, -0.1) is 0 Å². The molecule has 0 aromatic rings. The fourth-order valence-electron chi connectivity index (χ4n) is 2.00. The van der Waals surface area contributed by atoms with Crippen LogP contribution in [0.5, 0.6) is 0 Å². The maximum atomic E-state index is 11.9. The summed E-state index contributed by atoms with van der Waals surface area (Å²) in [4.78, 5) is 26.3. The normalized spacial score (nSPS) is 19.4. The molecule has 20 heavy (non-hydrogen) atoms. The lowest BCUT2D eigenvalue weighted by atomic mass is 10.2. The minimum absolute atomic E-state index is 0.166. The molecule has 1 heterocycles. The van der Waals surface area contributed by atoms with E-state index in [1.165, 1.54) is 0 Å². The first-order valence-corrected chi connectivity index (χ1v) is 8.29. The van der Waals surface area contributed by atoms with E-state index in [1.807, 2.05) is 11.8 Å². The number of hydrogen-bond acceptors (Lipinski definition) is 4. The molecule has 0 saturated carbocycles. The monoisotopic (exact) mass is 305 g/mol. The Bertz CT molecular complexity index is 370. The first-order chi connectivity index (χ1) is 9.45. The molecule has 0 aliphatic carbocycles. The van der Waals surface area contributed by atoms with E-state index < -0.39 is 22.8 Å². The fraction of sp³-hybridized carbons (Fsp3) is 0.833. The third kappa shape index (κ3) is 5.09. The molecule has 1 rings (SSSR count). The Morgan fingerprint density at radius 2 is 1.90 bits per heavy atom. The molecule has 1 fully saturated rings. The topological polar surface area (TPSA) is 90.0 Å². The molecular formula is C12H23N3O4S. The number of nitrogens with zero attached hydrogens (tertiary/aromatic N) is 2. The van der Waals surface area contributed by atoms with Crippen molar-refractivity contribution < 1.29 is 18.9 Å². The van der Waals surface area contributed by atoms with Gasteiger partial charge < -0.3 is 15.3 Å². The van der Waals surface area contributed by atoms with Crippen LogP contribution in [0.1, 0.15) is 13.8 Å². The molecule has 0 spiro atoms. The quantitative estimate of drug-likeness (QED) is 0.694. The lowest BCUT2D eigenvalue weighted by Crippen LogP contribution is -2.55. The van der Waals surface area contributed by atoms with Gasteiger partial charge in [-0.2, -0.15) is 0 Å². The molecule has 8 heteroatoms. The average Bonchev–Trinajstić information content (AvgIpc) is 2.46. The average molecular weight is 305 g/mol. The number of carboxylic acid groups (broad SMARTS) is 1. The van der Waals surface area contributed by atoms with Crippen molar-refractivity contribution in [2.75, 3.05) is 44.2 Å². The Hall–Kier alpha value is -1.15. The number of nitrogens with one attached hydrogen (secondary N) is 1. The molecule has 0 aromatic carbocycles. The van der Waals surface area contributed by atoms with Gasteiger partial charge in [0.1, 0.15) is 6.04 Å². The number of carbonyl (C=O) groups excluding carboxylic acids is 1. The summed E-state index contributed by atoms with van der Waals surface area (Å²) in [7, 11) is -0.872. The van der Waals surface area contributed by atoms with Crippen LogP contribution < -0.4 is 5.32 Å². The van der Waals surface area contributed by atoms with Crippen LogP contribution in [0.2, 0.25) is 0 Å². The highest BCUT2D eigenvalue weighted by molar-refractivity contribution is 7.84. The fourth-order valence-corrected chi connectivity index (χ4v) is 2.61. The second-order valence-corrected chi connectivity index (χ2v) is 6.57. The zero-order valence-electron chi connectivity index (χ0n) is 12.0. The molecule has 1 aliphatic heterocycles. The molecule has 7 nitrogen and oxygen atoms in total. The third-order valence-electron chi connectivity index (χ3n) is 3.43. The van der Waals surface area contributed by atoms with Gasteiger partial charge in [-0.3, -0.25) is 13.9 Å². The van der Waals surface area contributed by atoms with Gasteiger partial charge in [0.25, 0.3) is 0 Å². The third-order valence-corrected chi connectivity index (χ3v) is 4.74. The highest BCUT2D eigenvalue weighted by Crippen LogP contribution is 2.06. The van der Waals surface area contributed by atoms with E-state index >= 15 is 0 Å². The van der Waals surface area contributed by atoms with Gasteiger partial charge in [0.2, 0.25) is 0 Å². The summed E-state index contributed by atoms with van der Waals surface area (Å²) in [5, 5.41) is 11.7. The molecular weight excluding hydrogens is 282 g/mol. The number of hydrogen-bond donors (Lipinski definition) is 2. The lowest BCUT2D eigenvalue weighted by Gasteiger charge is -2.36. The van der Waals surface area contributed by atoms with Gasteiger partial charge in [0.15, 0.2) is 0 Å². The van der Waals surface area contributed by atoms with Gasteiger partial charge in [-0.1, -0.05) is 6.92 Å². The summed E-state index contributed by atoms with van der Waals surface area (Å²) < 4.78 is 11.2. The van der Waals surface area contributed by atoms with Crippen molar-refractivity contribution in [2.24, 2.45) is 0 Å². The second-order valence-electron chi connectivity index (χ2n) is 4.70. The number of aliphatic carboxylic acids is 1. The zero-order valence-corrected chi connectivity index (χ0v) is 12.8. The van der Waals surface area contributed by atoms with Crippen molar-refractivity contribution in [1.29, 1.82) is 0 Å². The molecule has 116 valence electrons. The summed E-state index contributed by atoms with van der Waals surface area (Å²) in [5.74, 6) is 0.227. The van der Waals surface area contributed by atoms with Crippen LogP contribution in [0.3, 0.4) is 0 Å². The van der Waals surface area contributed by atoms with Gasteiger partial charge in [0.05, 0.1) is 0 Å². The largest absolute Gasteiger partial charge is 0.480 e. The summed E-state index contributed by atoms with van der Waals surface area (Å²) in [6.45, 7) is 6.05. The van der Waals surface area contributed by atoms with E-state index in [0.717, 1.165) is 0 Å². The van der Waals surface area contributed by atoms with Gasteiger partial charge in [-0.25, -0.2) is 4.79 Å². The summed E-state index contributed by atoms with van der Waals surface area (Å²) in [6, 6.07) is -0.687. The van der Waals surface area contributed by atoms with Crippen LogP contribution in [-0.2, 0) is 15.6 Å². The molecule has 1 aliphatic rings. The van der Waals surface area contributed by atoms with E-state index in [1.54, 1.807) is 11.8 Å². The Balaban J connectivity index is 2.28. The standard InChI is InChI=1S/C12H23N3O4S/c1-3-20(19)9-4-13-12(18)15-7-5-14(6-8-15)10(2)11(16)17/h10H,3-9H2,1-2H3,(H,13,18)(H,16,17). The van der Waals surface area contributed by atoms with Crippen molar-refractivity contribution in [3.63, 3.8) is 0 Å². The molecule has 2 N–H and O–H groups in total. The van der Waals surface area contributed by atoms with Crippen molar-refractivity contribution in [1.82, 2.24) is 15.1 Å². The molecule has 0 radical (unpaired) electrons. The van der Waals surface area contributed by atoms with Crippen LogP contribution in [0.4, 0.5) is 4.79 Å². The Morgan fingerprint density at radius 1 is 1.30 bits per heavy atom. The maximum absolute atomic E-state index is 11.9. The number of rotatable bonds is 6. The van der Waals surface area contributed by atoms with Crippen LogP contribution in [0, 0.1) is 0 Å². The molecule has 2 unspecified atom stereocenters. The zero-order chi connectivity index (χ0) is 15.1. The van der Waals surface area contributed by atoms with Crippen LogP contribution >= 0.6 is 0 Å². The number of urea groups is 1. The van der Waals surface area contributed by atoms with Crippen LogP contribution in [0.15, 0.2) is 0 Å². The summed E-state index contributed by atoms with van der Waals surface area (Å²) >= 11 is 0. The Morgan fingerprint density at radius 3 is 2.40 bits per heavy atom. The van der Waals surface area contributed by atoms with Crippen molar-refractivity contribution >= 4 is 22.8 Å². The summed E-state index contributed by atoms with van der Waals surface area (Å²) in [6.07, 6.45) is 0. The van der Waals surface area contributed by atoms with E-state index in [0.29, 0.717) is 44.2 Å². The van der Waals surface area contributed by atoms with Crippen LogP contribution in [0.25, 0.3) is 0 Å². The molecule has 2 amide bonds. The Labute approximate surface area is 121 Å². The molecule has 1 saturated heterocycles. The maximum Gasteiger partial charge on any atom is 0.320 e. The van der Waals surface area contributed by atoms with Gasteiger partial charge >= 0.3 is 12.0 Å². The minimum Gasteiger partial charge on any atom is -0.480 e. The highest BCUT2D eigenvalue weighted by Gasteiger charge is 2.26. The van der Waals surface area contributed by atoms with E-state index in [-0.39, 0.29) is 6.03 Å². The molecule has 2 atom stereocenters. The predicted molar refractivity (Wildman–Crippen MR) is 77.2 cm³/mol. The van der Waals surface area contributed by atoms with Gasteiger partial charge in [0, 0.05) is 55.0 Å². The van der Waals surface area contributed by atoms with Crippen molar-refractivity contribution in [3.8, 4) is 0 Å². The van der Waals surface area contributed by atoms with Crippen LogP contribution in [-0.4, -0.2) is 81.4 Å². The number of piperazine rings is 1. The Kier molecular flexibility index (Phi) is 6.94. The number of carboxylic acids is 1. The van der Waals surface area contributed by atoms with Crippen molar-refractivity contribution in [3.05, 3.63) is 0 Å². The highest BCUT2D eigenvalue weighted by atomic mass is 32.2.